The summed E-state index contributed by atoms with van der Waals surface area (Å²) in [6, 6.07) is 0.611. The maximum absolute atomic E-state index is 5.73. The summed E-state index contributed by atoms with van der Waals surface area (Å²) in [4.78, 5) is 5.73. The first kappa shape index (κ1) is 8.93. The Morgan fingerprint density at radius 3 is 2.86 bits per heavy atom. The van der Waals surface area contributed by atoms with Gasteiger partial charge in [0.15, 0.2) is 0 Å². The average Bonchev–Trinajstić information content (AvgIpc) is 2.76. The van der Waals surface area contributed by atoms with Crippen LogP contribution in [0.3, 0.4) is 0 Å². The molecule has 0 aromatic heterocycles. The summed E-state index contributed by atoms with van der Waals surface area (Å²) in [6.07, 6.45) is 13.0. The lowest BCUT2D eigenvalue weighted by Crippen LogP contribution is -2.48. The van der Waals surface area contributed by atoms with E-state index in [2.05, 4.69) is 17.6 Å². The van der Waals surface area contributed by atoms with Crippen molar-refractivity contribution in [2.24, 2.45) is 11.8 Å². The van der Waals surface area contributed by atoms with Gasteiger partial charge in [-0.15, -0.1) is 0 Å². The van der Waals surface area contributed by atoms with Crippen molar-refractivity contribution in [2.75, 3.05) is 0 Å². The molecule has 2 saturated carbocycles. The fourth-order valence-corrected chi connectivity index (χ4v) is 3.04. The third-order valence-corrected chi connectivity index (χ3v) is 4.05. The van der Waals surface area contributed by atoms with Gasteiger partial charge >= 0.3 is 0 Å². The molecule has 0 radical (unpaired) electrons. The molecule has 0 aliphatic heterocycles. The minimum absolute atomic E-state index is 0.499. The van der Waals surface area contributed by atoms with E-state index in [0.717, 1.165) is 11.8 Å². The minimum Gasteiger partial charge on any atom is -0.298 e. The molecule has 0 heterocycles. The second kappa shape index (κ2) is 3.67. The molecule has 0 spiro atoms. The molecule has 14 heavy (non-hydrogen) atoms. The summed E-state index contributed by atoms with van der Waals surface area (Å²) < 4.78 is 0. The molecule has 2 nitrogen and oxygen atoms in total. The summed E-state index contributed by atoms with van der Waals surface area (Å²) in [5, 5.41) is 0. The van der Waals surface area contributed by atoms with E-state index >= 15 is 0 Å². The van der Waals surface area contributed by atoms with Gasteiger partial charge in [0, 0.05) is 6.04 Å². The average molecular weight is 193 g/mol. The number of hydrogen-bond acceptors (Lipinski definition) is 2. The predicted octanol–water partition coefficient (Wildman–Crippen LogP) is 2.41. The van der Waals surface area contributed by atoms with E-state index in [0.29, 0.717) is 12.1 Å². The van der Waals surface area contributed by atoms with Crippen LogP contribution in [0.15, 0.2) is 12.2 Å². The van der Waals surface area contributed by atoms with E-state index in [-0.39, 0.29) is 0 Å². The van der Waals surface area contributed by atoms with Crippen molar-refractivity contribution in [3.05, 3.63) is 12.2 Å². The van der Waals surface area contributed by atoms with Crippen LogP contribution in [0, 0.1) is 11.8 Å². The summed E-state index contributed by atoms with van der Waals surface area (Å²) in [5.74, 6) is 1.70. The molecule has 0 bridgehead atoms. The van der Waals surface area contributed by atoms with Gasteiger partial charge in [-0.1, -0.05) is 25.0 Å². The maximum atomic E-state index is 5.73. The molecule has 3 aliphatic carbocycles. The minimum atomic E-state index is 0.499. The molecule has 0 aromatic rings. The zero-order valence-corrected chi connectivity index (χ0v) is 8.61. The Hall–Kier alpha value is -0.340. The molecule has 78 valence electrons. The van der Waals surface area contributed by atoms with Gasteiger partial charge in [-0.2, -0.15) is 5.48 Å². The standard InChI is InChI=1S/C12H19NO/c1-2-6-10(5-1)14-13-12-8-9-4-3-7-11(9)12/h3,7,9-13H,1-2,4-6,8H2. The molecule has 3 unspecified atom stereocenters. The van der Waals surface area contributed by atoms with Crippen LogP contribution in [0.1, 0.15) is 38.5 Å². The van der Waals surface area contributed by atoms with Crippen molar-refractivity contribution >= 4 is 0 Å². The SMILES string of the molecule is C1=CC2C(C1)CC2NOC1CCCC1. The van der Waals surface area contributed by atoms with E-state index in [1.165, 1.54) is 38.5 Å². The molecule has 1 N–H and O–H groups in total. The van der Waals surface area contributed by atoms with Gasteiger partial charge in [0.1, 0.15) is 0 Å². The van der Waals surface area contributed by atoms with Crippen LogP contribution in [0.5, 0.6) is 0 Å². The second-order valence-corrected chi connectivity index (χ2v) is 4.99. The third-order valence-electron chi connectivity index (χ3n) is 4.05. The largest absolute Gasteiger partial charge is 0.298 e. The fourth-order valence-electron chi connectivity index (χ4n) is 3.04. The predicted molar refractivity (Wildman–Crippen MR) is 55.6 cm³/mol. The highest BCUT2D eigenvalue weighted by molar-refractivity contribution is 5.12. The smallest absolute Gasteiger partial charge is 0.0790 e. The van der Waals surface area contributed by atoms with Gasteiger partial charge < -0.3 is 0 Å². The summed E-state index contributed by atoms with van der Waals surface area (Å²) in [5.41, 5.74) is 3.28. The Labute approximate surface area is 85.7 Å². The van der Waals surface area contributed by atoms with E-state index in [1.807, 2.05) is 0 Å². The van der Waals surface area contributed by atoms with Crippen LogP contribution in [0.25, 0.3) is 0 Å². The summed E-state index contributed by atoms with van der Waals surface area (Å²) in [7, 11) is 0. The molecule has 0 amide bonds. The number of nitrogens with one attached hydrogen (secondary N) is 1. The Bertz CT molecular complexity index is 232. The van der Waals surface area contributed by atoms with Gasteiger partial charge in [-0.3, -0.25) is 4.84 Å². The monoisotopic (exact) mass is 193 g/mol. The Morgan fingerprint density at radius 2 is 2.07 bits per heavy atom. The van der Waals surface area contributed by atoms with Crippen LogP contribution in [-0.4, -0.2) is 12.1 Å². The number of fused-ring (bicyclic) bond motifs is 1. The van der Waals surface area contributed by atoms with Crippen molar-refractivity contribution in [3.8, 4) is 0 Å². The fraction of sp³-hybridized carbons (Fsp3) is 0.833. The zero-order valence-electron chi connectivity index (χ0n) is 8.61. The number of rotatable bonds is 3. The van der Waals surface area contributed by atoms with E-state index < -0.39 is 0 Å². The van der Waals surface area contributed by atoms with Crippen LogP contribution in [0.4, 0.5) is 0 Å². The van der Waals surface area contributed by atoms with Crippen LogP contribution in [-0.2, 0) is 4.84 Å². The number of hydroxylamine groups is 1. The first-order valence-corrected chi connectivity index (χ1v) is 6.01. The first-order valence-electron chi connectivity index (χ1n) is 6.01. The number of allylic oxidation sites excluding steroid dienone is 1. The van der Waals surface area contributed by atoms with Crippen LogP contribution >= 0.6 is 0 Å². The lowest BCUT2D eigenvalue weighted by Gasteiger charge is -2.40. The normalized spacial score (nSPS) is 41.3. The van der Waals surface area contributed by atoms with E-state index in [1.54, 1.807) is 0 Å². The van der Waals surface area contributed by atoms with Gasteiger partial charge in [0.05, 0.1) is 6.10 Å². The van der Waals surface area contributed by atoms with Crippen molar-refractivity contribution in [1.82, 2.24) is 5.48 Å². The van der Waals surface area contributed by atoms with Crippen molar-refractivity contribution in [2.45, 2.75) is 50.7 Å². The Morgan fingerprint density at radius 1 is 1.21 bits per heavy atom. The molecule has 0 saturated heterocycles. The second-order valence-electron chi connectivity index (χ2n) is 4.99. The van der Waals surface area contributed by atoms with E-state index in [4.69, 9.17) is 4.84 Å². The number of hydrogen-bond donors (Lipinski definition) is 1. The first-order chi connectivity index (χ1) is 6.93. The van der Waals surface area contributed by atoms with Crippen LogP contribution < -0.4 is 5.48 Å². The zero-order chi connectivity index (χ0) is 9.38. The van der Waals surface area contributed by atoms with Crippen LogP contribution in [0.2, 0.25) is 0 Å². The molecular weight excluding hydrogens is 174 g/mol. The van der Waals surface area contributed by atoms with Gasteiger partial charge in [0.2, 0.25) is 0 Å². The summed E-state index contributed by atoms with van der Waals surface area (Å²) >= 11 is 0. The Balaban J connectivity index is 1.43. The molecule has 3 atom stereocenters. The van der Waals surface area contributed by atoms with Crippen molar-refractivity contribution in [1.29, 1.82) is 0 Å². The molecule has 0 aromatic carbocycles. The van der Waals surface area contributed by atoms with Gasteiger partial charge in [-0.25, -0.2) is 0 Å². The molecule has 2 heteroatoms. The van der Waals surface area contributed by atoms with Crippen molar-refractivity contribution < 1.29 is 4.84 Å². The van der Waals surface area contributed by atoms with Crippen molar-refractivity contribution in [3.63, 3.8) is 0 Å². The highest BCUT2D eigenvalue weighted by atomic mass is 16.7. The lowest BCUT2D eigenvalue weighted by atomic mass is 9.72. The highest BCUT2D eigenvalue weighted by Gasteiger charge is 2.41. The Kier molecular flexibility index (Phi) is 2.34. The summed E-state index contributed by atoms with van der Waals surface area (Å²) in [6.45, 7) is 0. The molecule has 3 rings (SSSR count). The highest BCUT2D eigenvalue weighted by Crippen LogP contribution is 2.42. The topological polar surface area (TPSA) is 21.3 Å². The molecule has 2 fully saturated rings. The quantitative estimate of drug-likeness (QED) is 0.549. The lowest BCUT2D eigenvalue weighted by molar-refractivity contribution is -0.0758. The van der Waals surface area contributed by atoms with E-state index in [9.17, 15) is 0 Å². The van der Waals surface area contributed by atoms with Gasteiger partial charge in [-0.05, 0) is 37.5 Å². The molecular formula is C12H19NO. The van der Waals surface area contributed by atoms with Gasteiger partial charge in [0.25, 0.3) is 0 Å². The third kappa shape index (κ3) is 1.51. The molecule has 3 aliphatic rings. The maximum Gasteiger partial charge on any atom is 0.0790 e.